The van der Waals surface area contributed by atoms with Crippen molar-refractivity contribution in [3.05, 3.63) is 78.3 Å². The maximum atomic E-state index is 12.4. The molecular formula is C22H22N2O6S. The average Bonchev–Trinajstić information content (AvgIpc) is 3.30. The van der Waals surface area contributed by atoms with Gasteiger partial charge in [0, 0.05) is 17.8 Å². The minimum Gasteiger partial charge on any atom is -0.493 e. The van der Waals surface area contributed by atoms with Gasteiger partial charge in [0.05, 0.1) is 31.9 Å². The lowest BCUT2D eigenvalue weighted by Gasteiger charge is -2.09. The minimum absolute atomic E-state index is 0.0628. The summed E-state index contributed by atoms with van der Waals surface area (Å²) in [4.78, 5) is 12.3. The number of amides is 1. The predicted molar refractivity (Wildman–Crippen MR) is 116 cm³/mol. The molecule has 1 heterocycles. The average molecular weight is 442 g/mol. The molecule has 2 aromatic carbocycles. The Morgan fingerprint density at radius 3 is 2.42 bits per heavy atom. The summed E-state index contributed by atoms with van der Waals surface area (Å²) >= 11 is 0. The standard InChI is InChI=1S/C22H22N2O6S/c1-28-20-11-8-17(14-21(20)29-2)24-22(25)12-7-16-5-9-19(10-6-16)31(26,27)23-15-18-4-3-13-30-18/h3-14,23H,15H2,1-2H3,(H,24,25). The van der Waals surface area contributed by atoms with Crippen molar-refractivity contribution in [2.75, 3.05) is 19.5 Å². The zero-order chi connectivity index (χ0) is 22.3. The molecule has 0 fully saturated rings. The van der Waals surface area contributed by atoms with Gasteiger partial charge in [0.15, 0.2) is 11.5 Å². The van der Waals surface area contributed by atoms with E-state index < -0.39 is 10.0 Å². The van der Waals surface area contributed by atoms with Crippen LogP contribution in [0.3, 0.4) is 0 Å². The van der Waals surface area contributed by atoms with E-state index in [0.717, 1.165) is 0 Å². The molecule has 0 atom stereocenters. The Kier molecular flexibility index (Phi) is 7.11. The summed E-state index contributed by atoms with van der Waals surface area (Å²) in [5, 5.41) is 2.73. The molecule has 8 nitrogen and oxygen atoms in total. The molecular weight excluding hydrogens is 420 g/mol. The Bertz CT molecular complexity index is 1150. The summed E-state index contributed by atoms with van der Waals surface area (Å²) in [6.45, 7) is 0.0628. The lowest BCUT2D eigenvalue weighted by molar-refractivity contribution is -0.111. The SMILES string of the molecule is COc1ccc(NC(=O)C=Cc2ccc(S(=O)(=O)NCc3ccco3)cc2)cc1OC. The van der Waals surface area contributed by atoms with Crippen LogP contribution in [0.15, 0.2) is 76.2 Å². The van der Waals surface area contributed by atoms with Crippen LogP contribution >= 0.6 is 0 Å². The smallest absolute Gasteiger partial charge is 0.248 e. The van der Waals surface area contributed by atoms with Crippen LogP contribution in [-0.4, -0.2) is 28.5 Å². The molecule has 31 heavy (non-hydrogen) atoms. The van der Waals surface area contributed by atoms with E-state index in [1.54, 1.807) is 48.5 Å². The van der Waals surface area contributed by atoms with Gasteiger partial charge in [0.1, 0.15) is 5.76 Å². The molecule has 0 bridgehead atoms. The number of rotatable bonds is 9. The number of furan rings is 1. The third kappa shape index (κ3) is 5.97. The maximum absolute atomic E-state index is 12.4. The first-order valence-corrected chi connectivity index (χ1v) is 10.7. The highest BCUT2D eigenvalue weighted by molar-refractivity contribution is 7.89. The predicted octanol–water partition coefficient (Wildman–Crippen LogP) is 3.43. The highest BCUT2D eigenvalue weighted by Gasteiger charge is 2.14. The number of anilines is 1. The van der Waals surface area contributed by atoms with Crippen LogP contribution in [-0.2, 0) is 21.4 Å². The molecule has 0 saturated carbocycles. The molecule has 162 valence electrons. The van der Waals surface area contributed by atoms with Gasteiger partial charge in [-0.3, -0.25) is 4.79 Å². The lowest BCUT2D eigenvalue weighted by atomic mass is 10.2. The molecule has 0 spiro atoms. The first-order valence-electron chi connectivity index (χ1n) is 9.24. The summed E-state index contributed by atoms with van der Waals surface area (Å²) in [6.07, 6.45) is 4.42. The summed E-state index contributed by atoms with van der Waals surface area (Å²) in [6, 6.07) is 14.6. The van der Waals surface area contributed by atoms with E-state index in [2.05, 4.69) is 10.0 Å². The monoisotopic (exact) mass is 442 g/mol. The quantitative estimate of drug-likeness (QED) is 0.492. The number of nitrogens with one attached hydrogen (secondary N) is 2. The fourth-order valence-corrected chi connectivity index (χ4v) is 3.68. The van der Waals surface area contributed by atoms with Crippen molar-refractivity contribution in [2.45, 2.75) is 11.4 Å². The minimum atomic E-state index is -3.67. The summed E-state index contributed by atoms with van der Waals surface area (Å²) in [7, 11) is -0.627. The van der Waals surface area contributed by atoms with Gasteiger partial charge in [-0.1, -0.05) is 12.1 Å². The Hall–Kier alpha value is -3.56. The van der Waals surface area contributed by atoms with E-state index in [9.17, 15) is 13.2 Å². The molecule has 0 saturated heterocycles. The van der Waals surface area contributed by atoms with Gasteiger partial charge < -0.3 is 19.2 Å². The Labute approximate surface area is 180 Å². The molecule has 1 amide bonds. The van der Waals surface area contributed by atoms with Crippen molar-refractivity contribution in [1.29, 1.82) is 0 Å². The van der Waals surface area contributed by atoms with Crippen molar-refractivity contribution in [2.24, 2.45) is 0 Å². The van der Waals surface area contributed by atoms with E-state index in [-0.39, 0.29) is 17.3 Å². The molecule has 1 aromatic heterocycles. The molecule has 3 rings (SSSR count). The van der Waals surface area contributed by atoms with Crippen molar-refractivity contribution in [1.82, 2.24) is 4.72 Å². The third-order valence-corrected chi connectivity index (χ3v) is 5.70. The van der Waals surface area contributed by atoms with Crippen LogP contribution in [0.5, 0.6) is 11.5 Å². The highest BCUT2D eigenvalue weighted by atomic mass is 32.2. The van der Waals surface area contributed by atoms with Crippen LogP contribution in [0.1, 0.15) is 11.3 Å². The second kappa shape index (κ2) is 9.96. The van der Waals surface area contributed by atoms with Gasteiger partial charge >= 0.3 is 0 Å². The maximum Gasteiger partial charge on any atom is 0.248 e. The van der Waals surface area contributed by atoms with Crippen LogP contribution in [0.2, 0.25) is 0 Å². The van der Waals surface area contributed by atoms with Crippen molar-refractivity contribution < 1.29 is 27.1 Å². The summed E-state index contributed by atoms with van der Waals surface area (Å²) in [5.41, 5.74) is 1.23. The number of methoxy groups -OCH3 is 2. The molecule has 0 aliphatic heterocycles. The third-order valence-electron chi connectivity index (χ3n) is 4.29. The number of carbonyl (C=O) groups is 1. The van der Waals surface area contributed by atoms with E-state index >= 15 is 0 Å². The van der Waals surface area contributed by atoms with Gasteiger partial charge in [0.2, 0.25) is 15.9 Å². The van der Waals surface area contributed by atoms with Gasteiger partial charge in [-0.05, 0) is 48.0 Å². The number of hydrogen-bond donors (Lipinski definition) is 2. The molecule has 0 aliphatic rings. The second-order valence-electron chi connectivity index (χ2n) is 6.37. The van der Waals surface area contributed by atoms with Gasteiger partial charge in [-0.2, -0.15) is 0 Å². The van der Waals surface area contributed by atoms with Gasteiger partial charge in [-0.25, -0.2) is 13.1 Å². The normalized spacial score (nSPS) is 11.4. The van der Waals surface area contributed by atoms with E-state index in [1.807, 2.05) is 0 Å². The van der Waals surface area contributed by atoms with Crippen LogP contribution in [0, 0.1) is 0 Å². The first kappa shape index (κ1) is 22.1. The van der Waals surface area contributed by atoms with E-state index in [1.165, 1.54) is 38.7 Å². The number of carbonyl (C=O) groups excluding carboxylic acids is 1. The molecule has 0 unspecified atom stereocenters. The summed E-state index contributed by atoms with van der Waals surface area (Å²) < 4.78 is 42.7. The molecule has 2 N–H and O–H groups in total. The number of benzene rings is 2. The topological polar surface area (TPSA) is 107 Å². The fraction of sp³-hybridized carbons (Fsp3) is 0.136. The fourth-order valence-electron chi connectivity index (χ4n) is 2.69. The van der Waals surface area contributed by atoms with Crippen molar-refractivity contribution in [3.63, 3.8) is 0 Å². The summed E-state index contributed by atoms with van der Waals surface area (Å²) in [5.74, 6) is 1.24. The number of ether oxygens (including phenoxy) is 2. The lowest BCUT2D eigenvalue weighted by Crippen LogP contribution is -2.22. The van der Waals surface area contributed by atoms with Crippen LogP contribution < -0.4 is 19.5 Å². The van der Waals surface area contributed by atoms with E-state index in [0.29, 0.717) is 28.5 Å². The number of sulfonamides is 1. The van der Waals surface area contributed by atoms with Crippen LogP contribution in [0.4, 0.5) is 5.69 Å². The Balaban J connectivity index is 1.60. The largest absolute Gasteiger partial charge is 0.493 e. The zero-order valence-electron chi connectivity index (χ0n) is 17.0. The molecule has 0 radical (unpaired) electrons. The van der Waals surface area contributed by atoms with Crippen molar-refractivity contribution in [3.8, 4) is 11.5 Å². The van der Waals surface area contributed by atoms with Crippen molar-refractivity contribution >= 4 is 27.7 Å². The second-order valence-corrected chi connectivity index (χ2v) is 8.13. The Morgan fingerprint density at radius 2 is 1.77 bits per heavy atom. The van der Waals surface area contributed by atoms with Gasteiger partial charge in [-0.15, -0.1) is 0 Å². The Morgan fingerprint density at radius 1 is 1.03 bits per heavy atom. The molecule has 0 aliphatic carbocycles. The molecule has 3 aromatic rings. The zero-order valence-corrected chi connectivity index (χ0v) is 17.8. The van der Waals surface area contributed by atoms with E-state index in [4.69, 9.17) is 13.9 Å². The van der Waals surface area contributed by atoms with Crippen LogP contribution in [0.25, 0.3) is 6.08 Å². The number of hydrogen-bond acceptors (Lipinski definition) is 6. The molecule has 9 heteroatoms. The highest BCUT2D eigenvalue weighted by Crippen LogP contribution is 2.29. The van der Waals surface area contributed by atoms with Gasteiger partial charge in [0.25, 0.3) is 0 Å². The first-order chi connectivity index (χ1) is 14.9.